The predicted octanol–water partition coefficient (Wildman–Crippen LogP) is 1.71. The normalized spacial score (nSPS) is 10.5. The van der Waals surface area contributed by atoms with Crippen molar-refractivity contribution in [2.75, 3.05) is 6.61 Å². The third-order valence-electron chi connectivity index (χ3n) is 2.40. The van der Waals surface area contributed by atoms with Crippen LogP contribution in [0.1, 0.15) is 12.5 Å². The fraction of sp³-hybridized carbons (Fsp3) is 0.273. The van der Waals surface area contributed by atoms with E-state index >= 15 is 0 Å². The molecular weight excluding hydrogens is 236 g/mol. The van der Waals surface area contributed by atoms with E-state index in [2.05, 4.69) is 10.1 Å². The summed E-state index contributed by atoms with van der Waals surface area (Å²) in [6.07, 6.45) is 2.76. The SMILES string of the molecule is CCOCc1cccc([N+](=O)[O-])c1-n1cncn1. The van der Waals surface area contributed by atoms with E-state index in [1.807, 2.05) is 6.92 Å². The molecule has 18 heavy (non-hydrogen) atoms. The van der Waals surface area contributed by atoms with Gasteiger partial charge in [-0.25, -0.2) is 9.67 Å². The number of para-hydroxylation sites is 1. The Morgan fingerprint density at radius 1 is 1.50 bits per heavy atom. The summed E-state index contributed by atoms with van der Waals surface area (Å²) in [6, 6.07) is 4.85. The summed E-state index contributed by atoms with van der Waals surface area (Å²) < 4.78 is 6.69. The molecule has 7 nitrogen and oxygen atoms in total. The quantitative estimate of drug-likeness (QED) is 0.594. The molecule has 0 fully saturated rings. The molecule has 0 unspecified atom stereocenters. The maximum Gasteiger partial charge on any atom is 0.295 e. The summed E-state index contributed by atoms with van der Waals surface area (Å²) in [5.41, 5.74) is 1.09. The second-order valence-corrected chi connectivity index (χ2v) is 3.52. The van der Waals surface area contributed by atoms with Gasteiger partial charge in [-0.15, -0.1) is 0 Å². The minimum Gasteiger partial charge on any atom is -0.377 e. The van der Waals surface area contributed by atoms with Crippen molar-refractivity contribution < 1.29 is 9.66 Å². The maximum absolute atomic E-state index is 11.0. The van der Waals surface area contributed by atoms with Crippen LogP contribution in [-0.4, -0.2) is 26.3 Å². The van der Waals surface area contributed by atoms with Crippen LogP contribution in [0.2, 0.25) is 0 Å². The van der Waals surface area contributed by atoms with E-state index < -0.39 is 4.92 Å². The van der Waals surface area contributed by atoms with Crippen molar-refractivity contribution in [3.8, 4) is 5.69 Å². The zero-order valence-electron chi connectivity index (χ0n) is 9.81. The molecule has 7 heteroatoms. The molecule has 0 saturated heterocycles. The maximum atomic E-state index is 11.0. The van der Waals surface area contributed by atoms with Crippen molar-refractivity contribution in [1.29, 1.82) is 0 Å². The first-order valence-electron chi connectivity index (χ1n) is 5.43. The molecular formula is C11H12N4O3. The van der Waals surface area contributed by atoms with Gasteiger partial charge in [-0.3, -0.25) is 10.1 Å². The highest BCUT2D eigenvalue weighted by Gasteiger charge is 2.19. The standard InChI is InChI=1S/C11H12N4O3/c1-2-18-6-9-4-3-5-10(15(16)17)11(9)14-8-12-7-13-14/h3-5,7-8H,2,6H2,1H3. The molecule has 0 spiro atoms. The van der Waals surface area contributed by atoms with Gasteiger partial charge in [0.1, 0.15) is 18.3 Å². The van der Waals surface area contributed by atoms with Crippen molar-refractivity contribution in [2.24, 2.45) is 0 Å². The lowest BCUT2D eigenvalue weighted by Crippen LogP contribution is -2.06. The van der Waals surface area contributed by atoms with Crippen molar-refractivity contribution in [3.05, 3.63) is 46.5 Å². The number of aromatic nitrogens is 3. The molecule has 2 rings (SSSR count). The van der Waals surface area contributed by atoms with Gasteiger partial charge in [0.15, 0.2) is 0 Å². The van der Waals surface area contributed by atoms with E-state index in [0.29, 0.717) is 24.5 Å². The number of ether oxygens (including phenoxy) is 1. The molecule has 94 valence electrons. The zero-order chi connectivity index (χ0) is 13.0. The third kappa shape index (κ3) is 2.35. The number of benzene rings is 1. The lowest BCUT2D eigenvalue weighted by Gasteiger charge is -2.09. The van der Waals surface area contributed by atoms with Crippen LogP contribution in [0.15, 0.2) is 30.9 Å². The van der Waals surface area contributed by atoms with E-state index in [1.54, 1.807) is 12.1 Å². The Labute approximate surface area is 103 Å². The summed E-state index contributed by atoms with van der Waals surface area (Å²) in [5, 5.41) is 15.0. The van der Waals surface area contributed by atoms with Crippen LogP contribution in [0.5, 0.6) is 0 Å². The number of hydrogen-bond acceptors (Lipinski definition) is 5. The van der Waals surface area contributed by atoms with Gasteiger partial charge in [0.2, 0.25) is 0 Å². The van der Waals surface area contributed by atoms with Gasteiger partial charge in [-0.1, -0.05) is 12.1 Å². The number of nitrogens with zero attached hydrogens (tertiary/aromatic N) is 4. The molecule has 0 atom stereocenters. The Morgan fingerprint density at radius 3 is 2.94 bits per heavy atom. The molecule has 0 aliphatic carbocycles. The van der Waals surface area contributed by atoms with E-state index in [4.69, 9.17) is 4.74 Å². The van der Waals surface area contributed by atoms with Crippen molar-refractivity contribution >= 4 is 5.69 Å². The van der Waals surface area contributed by atoms with Gasteiger partial charge < -0.3 is 4.74 Å². The highest BCUT2D eigenvalue weighted by molar-refractivity contribution is 5.56. The second-order valence-electron chi connectivity index (χ2n) is 3.52. The smallest absolute Gasteiger partial charge is 0.295 e. The Bertz CT molecular complexity index is 539. The Balaban J connectivity index is 2.53. The van der Waals surface area contributed by atoms with Gasteiger partial charge in [0, 0.05) is 18.2 Å². The van der Waals surface area contributed by atoms with Crippen LogP contribution in [0.4, 0.5) is 5.69 Å². The molecule has 0 bridgehead atoms. The largest absolute Gasteiger partial charge is 0.377 e. The fourth-order valence-corrected chi connectivity index (χ4v) is 1.64. The Morgan fingerprint density at radius 2 is 2.33 bits per heavy atom. The first kappa shape index (κ1) is 12.2. The zero-order valence-corrected chi connectivity index (χ0v) is 9.81. The number of rotatable bonds is 5. The Kier molecular flexibility index (Phi) is 3.63. The van der Waals surface area contributed by atoms with Crippen LogP contribution in [0.3, 0.4) is 0 Å². The van der Waals surface area contributed by atoms with Crippen LogP contribution in [0.25, 0.3) is 5.69 Å². The minimum atomic E-state index is -0.438. The molecule has 0 radical (unpaired) electrons. The van der Waals surface area contributed by atoms with Gasteiger partial charge in [-0.2, -0.15) is 5.10 Å². The molecule has 0 amide bonds. The summed E-state index contributed by atoms with van der Waals surface area (Å²) >= 11 is 0. The van der Waals surface area contributed by atoms with E-state index in [-0.39, 0.29) is 5.69 Å². The van der Waals surface area contributed by atoms with Gasteiger partial charge >= 0.3 is 0 Å². The van der Waals surface area contributed by atoms with Crippen LogP contribution in [-0.2, 0) is 11.3 Å². The van der Waals surface area contributed by atoms with Gasteiger partial charge in [0.05, 0.1) is 11.5 Å². The van der Waals surface area contributed by atoms with Crippen molar-refractivity contribution in [2.45, 2.75) is 13.5 Å². The van der Waals surface area contributed by atoms with Crippen molar-refractivity contribution in [3.63, 3.8) is 0 Å². The third-order valence-corrected chi connectivity index (χ3v) is 2.40. The lowest BCUT2D eigenvalue weighted by molar-refractivity contribution is -0.384. The molecule has 0 N–H and O–H groups in total. The average Bonchev–Trinajstić information content (AvgIpc) is 2.89. The Hall–Kier alpha value is -2.28. The monoisotopic (exact) mass is 248 g/mol. The summed E-state index contributed by atoms with van der Waals surface area (Å²) in [7, 11) is 0. The number of nitro benzene ring substituents is 1. The molecule has 1 aromatic carbocycles. The highest BCUT2D eigenvalue weighted by Crippen LogP contribution is 2.26. The first-order valence-corrected chi connectivity index (χ1v) is 5.43. The minimum absolute atomic E-state index is 0.0160. The fourth-order valence-electron chi connectivity index (χ4n) is 1.64. The number of hydrogen-bond donors (Lipinski definition) is 0. The van der Waals surface area contributed by atoms with Gasteiger partial charge in [0.25, 0.3) is 5.69 Å². The summed E-state index contributed by atoms with van der Waals surface area (Å²) in [5.74, 6) is 0. The molecule has 0 saturated carbocycles. The molecule has 2 aromatic rings. The van der Waals surface area contributed by atoms with E-state index in [1.165, 1.54) is 23.4 Å². The molecule has 0 aliphatic heterocycles. The lowest BCUT2D eigenvalue weighted by atomic mass is 10.1. The van der Waals surface area contributed by atoms with Crippen LogP contribution >= 0.6 is 0 Å². The van der Waals surface area contributed by atoms with Gasteiger partial charge in [-0.05, 0) is 6.92 Å². The first-order chi connectivity index (χ1) is 8.74. The average molecular weight is 248 g/mol. The molecule has 0 aliphatic rings. The van der Waals surface area contributed by atoms with Crippen molar-refractivity contribution in [1.82, 2.24) is 14.8 Å². The van der Waals surface area contributed by atoms with Crippen LogP contribution < -0.4 is 0 Å². The van der Waals surface area contributed by atoms with E-state index in [9.17, 15) is 10.1 Å². The van der Waals surface area contributed by atoms with E-state index in [0.717, 1.165) is 0 Å². The molecule has 1 aromatic heterocycles. The number of nitro groups is 1. The summed E-state index contributed by atoms with van der Waals surface area (Å²) in [4.78, 5) is 14.4. The predicted molar refractivity (Wildman–Crippen MR) is 63.3 cm³/mol. The molecule has 1 heterocycles. The van der Waals surface area contributed by atoms with Crippen LogP contribution in [0, 0.1) is 10.1 Å². The highest BCUT2D eigenvalue weighted by atomic mass is 16.6. The summed E-state index contributed by atoms with van der Waals surface area (Å²) in [6.45, 7) is 2.71. The second kappa shape index (κ2) is 5.37. The topological polar surface area (TPSA) is 83.1 Å².